The number of primary amides is 1. The first-order chi connectivity index (χ1) is 9.27. The van der Waals surface area contributed by atoms with Gasteiger partial charge in [-0.1, -0.05) is 18.2 Å². The molecule has 0 radical (unpaired) electrons. The first-order valence-corrected chi connectivity index (χ1v) is 5.64. The molecular formula is C13H13F3N2O2. The van der Waals surface area contributed by atoms with Crippen LogP contribution in [0.15, 0.2) is 36.9 Å². The van der Waals surface area contributed by atoms with Gasteiger partial charge >= 0.3 is 6.18 Å². The maximum atomic E-state index is 12.8. The van der Waals surface area contributed by atoms with Crippen LogP contribution < -0.4 is 11.1 Å². The minimum atomic E-state index is -4.66. The van der Waals surface area contributed by atoms with Crippen LogP contribution in [0.4, 0.5) is 13.2 Å². The Hall–Kier alpha value is -2.31. The summed E-state index contributed by atoms with van der Waals surface area (Å²) in [4.78, 5) is 22.9. The molecule has 0 saturated carbocycles. The Labute approximate surface area is 113 Å². The standard InChI is InChI=1S/C13H13F3N2O2/c1-2-5-10(11(17)19)18-12(20)8-6-3-4-7-9(8)13(14,15)16/h2-4,6-7,10H,1,5H2,(H2,17,19)(H,18,20)/t10-/m1/s1. The molecule has 0 heterocycles. The van der Waals surface area contributed by atoms with Crippen molar-refractivity contribution in [1.29, 1.82) is 0 Å². The zero-order valence-corrected chi connectivity index (χ0v) is 10.4. The average molecular weight is 286 g/mol. The Bertz CT molecular complexity index is 527. The molecule has 0 fully saturated rings. The second-order valence-electron chi connectivity index (χ2n) is 4.00. The minimum Gasteiger partial charge on any atom is -0.368 e. The van der Waals surface area contributed by atoms with Gasteiger partial charge in [-0.3, -0.25) is 9.59 Å². The van der Waals surface area contributed by atoms with E-state index in [1.807, 2.05) is 0 Å². The molecular weight excluding hydrogens is 273 g/mol. The zero-order valence-electron chi connectivity index (χ0n) is 10.4. The molecule has 3 N–H and O–H groups in total. The van der Waals surface area contributed by atoms with Crippen molar-refractivity contribution >= 4 is 11.8 Å². The van der Waals surface area contributed by atoms with Crippen molar-refractivity contribution in [2.75, 3.05) is 0 Å². The van der Waals surface area contributed by atoms with Crippen LogP contribution in [-0.4, -0.2) is 17.9 Å². The van der Waals surface area contributed by atoms with Gasteiger partial charge in [0, 0.05) is 0 Å². The molecule has 0 unspecified atom stereocenters. The Balaban J connectivity index is 3.04. The van der Waals surface area contributed by atoms with Crippen molar-refractivity contribution in [3.05, 3.63) is 48.0 Å². The summed E-state index contributed by atoms with van der Waals surface area (Å²) in [6.07, 6.45) is -3.28. The van der Waals surface area contributed by atoms with Crippen LogP contribution >= 0.6 is 0 Å². The van der Waals surface area contributed by atoms with E-state index in [4.69, 9.17) is 5.73 Å². The number of nitrogens with two attached hydrogens (primary N) is 1. The maximum absolute atomic E-state index is 12.8. The highest BCUT2D eigenvalue weighted by molar-refractivity contribution is 5.98. The van der Waals surface area contributed by atoms with Crippen LogP contribution in [0.2, 0.25) is 0 Å². The van der Waals surface area contributed by atoms with Crippen molar-refractivity contribution in [2.24, 2.45) is 5.73 Å². The molecule has 7 heteroatoms. The zero-order chi connectivity index (χ0) is 15.3. The molecule has 0 aliphatic carbocycles. The Kier molecular flexibility index (Phi) is 4.90. The predicted octanol–water partition coefficient (Wildman–Crippen LogP) is 1.87. The van der Waals surface area contributed by atoms with E-state index >= 15 is 0 Å². The SMILES string of the molecule is C=CC[C@@H](NC(=O)c1ccccc1C(F)(F)F)C(N)=O. The number of benzene rings is 1. The van der Waals surface area contributed by atoms with E-state index in [2.05, 4.69) is 11.9 Å². The number of carbonyl (C=O) groups excluding carboxylic acids is 2. The number of carbonyl (C=O) groups is 2. The third kappa shape index (κ3) is 3.84. The number of halogens is 3. The molecule has 0 saturated heterocycles. The number of hydrogen-bond acceptors (Lipinski definition) is 2. The van der Waals surface area contributed by atoms with E-state index in [-0.39, 0.29) is 6.42 Å². The van der Waals surface area contributed by atoms with E-state index in [1.165, 1.54) is 18.2 Å². The van der Waals surface area contributed by atoms with Gasteiger partial charge in [-0.2, -0.15) is 13.2 Å². The van der Waals surface area contributed by atoms with Crippen LogP contribution in [0.3, 0.4) is 0 Å². The van der Waals surface area contributed by atoms with Crippen molar-refractivity contribution in [2.45, 2.75) is 18.6 Å². The van der Waals surface area contributed by atoms with Gasteiger partial charge < -0.3 is 11.1 Å². The molecule has 1 atom stereocenters. The van der Waals surface area contributed by atoms with Gasteiger partial charge in [0.25, 0.3) is 5.91 Å². The van der Waals surface area contributed by atoms with Crippen LogP contribution in [0.5, 0.6) is 0 Å². The van der Waals surface area contributed by atoms with E-state index in [9.17, 15) is 22.8 Å². The molecule has 0 bridgehead atoms. The van der Waals surface area contributed by atoms with Crippen LogP contribution in [0, 0.1) is 0 Å². The number of hydrogen-bond donors (Lipinski definition) is 2. The Morgan fingerprint density at radius 2 is 1.95 bits per heavy atom. The molecule has 0 aliphatic rings. The third-order valence-electron chi connectivity index (χ3n) is 2.53. The molecule has 0 aromatic heterocycles. The fourth-order valence-electron chi connectivity index (χ4n) is 1.58. The van der Waals surface area contributed by atoms with Crippen LogP contribution in [0.1, 0.15) is 22.3 Å². The highest BCUT2D eigenvalue weighted by atomic mass is 19.4. The molecule has 0 spiro atoms. The van der Waals surface area contributed by atoms with E-state index in [0.29, 0.717) is 0 Å². The highest BCUT2D eigenvalue weighted by Crippen LogP contribution is 2.31. The van der Waals surface area contributed by atoms with Gasteiger partial charge in [0.05, 0.1) is 11.1 Å². The van der Waals surface area contributed by atoms with Crippen LogP contribution in [-0.2, 0) is 11.0 Å². The highest BCUT2D eigenvalue weighted by Gasteiger charge is 2.35. The summed E-state index contributed by atoms with van der Waals surface area (Å²) in [5, 5.41) is 2.16. The lowest BCUT2D eigenvalue weighted by molar-refractivity contribution is -0.137. The van der Waals surface area contributed by atoms with Crippen LogP contribution in [0.25, 0.3) is 0 Å². The van der Waals surface area contributed by atoms with Crippen molar-refractivity contribution in [3.63, 3.8) is 0 Å². The Morgan fingerprint density at radius 1 is 1.35 bits per heavy atom. The Morgan fingerprint density at radius 3 is 2.45 bits per heavy atom. The molecule has 4 nitrogen and oxygen atoms in total. The van der Waals surface area contributed by atoms with Gasteiger partial charge in [0.15, 0.2) is 0 Å². The molecule has 1 aromatic carbocycles. The summed E-state index contributed by atoms with van der Waals surface area (Å²) in [7, 11) is 0. The number of rotatable bonds is 5. The van der Waals surface area contributed by atoms with Gasteiger partial charge in [-0.15, -0.1) is 6.58 Å². The summed E-state index contributed by atoms with van der Waals surface area (Å²) >= 11 is 0. The maximum Gasteiger partial charge on any atom is 0.417 e. The fraction of sp³-hybridized carbons (Fsp3) is 0.231. The second kappa shape index (κ2) is 6.23. The topological polar surface area (TPSA) is 72.2 Å². The summed E-state index contributed by atoms with van der Waals surface area (Å²) in [5.41, 5.74) is 3.42. The predicted molar refractivity (Wildman–Crippen MR) is 66.7 cm³/mol. The summed E-state index contributed by atoms with van der Waals surface area (Å²) in [6.45, 7) is 3.38. The molecule has 2 amide bonds. The molecule has 20 heavy (non-hydrogen) atoms. The quantitative estimate of drug-likeness (QED) is 0.811. The monoisotopic (exact) mass is 286 g/mol. The first-order valence-electron chi connectivity index (χ1n) is 5.64. The number of nitrogens with one attached hydrogen (secondary N) is 1. The smallest absolute Gasteiger partial charge is 0.368 e. The fourth-order valence-corrected chi connectivity index (χ4v) is 1.58. The molecule has 0 aliphatic heterocycles. The lowest BCUT2D eigenvalue weighted by Crippen LogP contribution is -2.44. The van der Waals surface area contributed by atoms with E-state index in [0.717, 1.165) is 12.1 Å². The number of amides is 2. The minimum absolute atomic E-state index is 0.0370. The molecule has 1 aromatic rings. The van der Waals surface area contributed by atoms with Gasteiger partial charge in [-0.05, 0) is 18.6 Å². The van der Waals surface area contributed by atoms with Gasteiger partial charge in [-0.25, -0.2) is 0 Å². The molecule has 1 rings (SSSR count). The van der Waals surface area contributed by atoms with Crippen molar-refractivity contribution < 1.29 is 22.8 Å². The van der Waals surface area contributed by atoms with Crippen molar-refractivity contribution in [3.8, 4) is 0 Å². The number of alkyl halides is 3. The van der Waals surface area contributed by atoms with Gasteiger partial charge in [0.2, 0.25) is 5.91 Å². The summed E-state index contributed by atoms with van der Waals surface area (Å²) in [5.74, 6) is -1.86. The lowest BCUT2D eigenvalue weighted by Gasteiger charge is -2.16. The third-order valence-corrected chi connectivity index (χ3v) is 2.53. The van der Waals surface area contributed by atoms with Gasteiger partial charge in [0.1, 0.15) is 6.04 Å². The first kappa shape index (κ1) is 15.7. The van der Waals surface area contributed by atoms with E-state index in [1.54, 1.807) is 0 Å². The normalized spacial score (nSPS) is 12.6. The van der Waals surface area contributed by atoms with E-state index < -0.39 is 35.2 Å². The largest absolute Gasteiger partial charge is 0.417 e. The molecule has 108 valence electrons. The average Bonchev–Trinajstić information content (AvgIpc) is 2.37. The lowest BCUT2D eigenvalue weighted by atomic mass is 10.1. The summed E-state index contributed by atoms with van der Waals surface area (Å²) < 4.78 is 38.3. The van der Waals surface area contributed by atoms with Crippen molar-refractivity contribution in [1.82, 2.24) is 5.32 Å². The second-order valence-corrected chi connectivity index (χ2v) is 4.00. The summed E-state index contributed by atoms with van der Waals surface area (Å²) in [6, 6.07) is 3.21.